The van der Waals surface area contributed by atoms with E-state index >= 15 is 0 Å². The van der Waals surface area contributed by atoms with Crippen molar-refractivity contribution in [3.63, 3.8) is 0 Å². The van der Waals surface area contributed by atoms with Crippen LogP contribution in [0.4, 0.5) is 5.69 Å². The van der Waals surface area contributed by atoms with Gasteiger partial charge in [-0.05, 0) is 62.4 Å². The average molecular weight is 427 g/mol. The number of aryl methyl sites for hydroxylation is 1. The Bertz CT molecular complexity index is 862. The Balaban J connectivity index is 1.48. The molecule has 1 aliphatic heterocycles. The lowest BCUT2D eigenvalue weighted by Crippen LogP contribution is -2.51. The lowest BCUT2D eigenvalue weighted by molar-refractivity contribution is -0.120. The summed E-state index contributed by atoms with van der Waals surface area (Å²) in [4.78, 5) is 15.4. The Morgan fingerprint density at radius 2 is 1.97 bits per heavy atom. The van der Waals surface area contributed by atoms with Gasteiger partial charge >= 0.3 is 0 Å². The largest absolute Gasteiger partial charge is 0.375 e. The van der Waals surface area contributed by atoms with E-state index in [4.69, 9.17) is 16.3 Å². The van der Waals surface area contributed by atoms with Gasteiger partial charge in [0.05, 0.1) is 12.1 Å². The zero-order valence-corrected chi connectivity index (χ0v) is 18.5. The highest BCUT2D eigenvalue weighted by atomic mass is 35.5. The molecule has 4 rings (SSSR count). The summed E-state index contributed by atoms with van der Waals surface area (Å²) in [6.07, 6.45) is 6.51. The summed E-state index contributed by atoms with van der Waals surface area (Å²) in [7, 11) is 0. The smallest absolute Gasteiger partial charge is 0.241 e. The molecule has 4 nitrogen and oxygen atoms in total. The number of nitrogens with zero attached hydrogens (tertiary/aromatic N) is 1. The van der Waals surface area contributed by atoms with E-state index in [-0.39, 0.29) is 17.6 Å². The van der Waals surface area contributed by atoms with Gasteiger partial charge in [-0.2, -0.15) is 0 Å². The molecule has 2 aliphatic rings. The van der Waals surface area contributed by atoms with Crippen LogP contribution in [0.1, 0.15) is 49.7 Å². The fraction of sp³-hybridized carbons (Fsp3) is 0.480. The third kappa shape index (κ3) is 5.05. The summed E-state index contributed by atoms with van der Waals surface area (Å²) in [6, 6.07) is 16.2. The first kappa shape index (κ1) is 21.4. The van der Waals surface area contributed by atoms with Crippen molar-refractivity contribution in [2.45, 2.75) is 63.6 Å². The van der Waals surface area contributed by atoms with Gasteiger partial charge in [0, 0.05) is 29.9 Å². The summed E-state index contributed by atoms with van der Waals surface area (Å²) in [5.41, 5.74) is 3.23. The molecular weight excluding hydrogens is 396 g/mol. The van der Waals surface area contributed by atoms with Crippen LogP contribution in [0.25, 0.3) is 0 Å². The van der Waals surface area contributed by atoms with Gasteiger partial charge < -0.3 is 15.0 Å². The van der Waals surface area contributed by atoms with Gasteiger partial charge in [0.15, 0.2) is 0 Å². The van der Waals surface area contributed by atoms with Crippen LogP contribution in [0.5, 0.6) is 0 Å². The van der Waals surface area contributed by atoms with E-state index in [1.54, 1.807) is 0 Å². The summed E-state index contributed by atoms with van der Waals surface area (Å²) >= 11 is 6.08. The molecule has 1 spiro atoms. The third-order valence-corrected chi connectivity index (χ3v) is 6.66. The van der Waals surface area contributed by atoms with E-state index in [9.17, 15) is 4.79 Å². The van der Waals surface area contributed by atoms with E-state index < -0.39 is 0 Å². The zero-order valence-electron chi connectivity index (χ0n) is 17.7. The van der Waals surface area contributed by atoms with Gasteiger partial charge in [-0.3, -0.25) is 4.79 Å². The second-order valence-electron chi connectivity index (χ2n) is 8.72. The van der Waals surface area contributed by atoms with Crippen LogP contribution in [0.2, 0.25) is 5.02 Å². The Kier molecular flexibility index (Phi) is 6.77. The van der Waals surface area contributed by atoms with Crippen molar-refractivity contribution >= 4 is 23.2 Å². The SMILES string of the molecule is Cc1ccc(N(C(=O)CNCc2cccc(Cl)c2)C2CCOC3(CCCC3)C2)cc1. The van der Waals surface area contributed by atoms with Crippen molar-refractivity contribution in [1.82, 2.24) is 5.32 Å². The van der Waals surface area contributed by atoms with Gasteiger partial charge in [0.25, 0.3) is 0 Å². The van der Waals surface area contributed by atoms with Gasteiger partial charge in [-0.15, -0.1) is 0 Å². The standard InChI is InChI=1S/C25H31ClN2O2/c1-19-7-9-22(10-8-19)28(23-11-14-30-25(16-23)12-2-3-13-25)24(29)18-27-17-20-5-4-6-21(26)15-20/h4-10,15,23,27H,2-3,11-14,16-18H2,1H3. The molecule has 1 saturated carbocycles. The number of carbonyl (C=O) groups excluding carboxylic acids is 1. The van der Waals surface area contributed by atoms with Crippen molar-refractivity contribution in [2.24, 2.45) is 0 Å². The highest BCUT2D eigenvalue weighted by molar-refractivity contribution is 6.30. The number of benzene rings is 2. The van der Waals surface area contributed by atoms with E-state index in [0.29, 0.717) is 18.1 Å². The first-order valence-electron chi connectivity index (χ1n) is 11.0. The number of halogens is 1. The summed E-state index contributed by atoms with van der Waals surface area (Å²) < 4.78 is 6.23. The van der Waals surface area contributed by atoms with E-state index in [1.165, 1.54) is 18.4 Å². The van der Waals surface area contributed by atoms with Gasteiger partial charge in [0.1, 0.15) is 0 Å². The second kappa shape index (κ2) is 9.51. The molecule has 1 saturated heterocycles. The quantitative estimate of drug-likeness (QED) is 0.684. The average Bonchev–Trinajstić information content (AvgIpc) is 3.17. The van der Waals surface area contributed by atoms with E-state index in [2.05, 4.69) is 36.5 Å². The van der Waals surface area contributed by atoms with Crippen molar-refractivity contribution in [3.05, 3.63) is 64.7 Å². The van der Waals surface area contributed by atoms with E-state index in [0.717, 1.165) is 43.5 Å². The van der Waals surface area contributed by atoms with Crippen LogP contribution in [-0.4, -0.2) is 30.7 Å². The fourth-order valence-electron chi connectivity index (χ4n) is 4.90. The van der Waals surface area contributed by atoms with Crippen LogP contribution in [0.15, 0.2) is 48.5 Å². The minimum Gasteiger partial charge on any atom is -0.375 e. The number of hydrogen-bond donors (Lipinski definition) is 1. The molecule has 2 aromatic rings. The maximum atomic E-state index is 13.4. The van der Waals surface area contributed by atoms with Crippen LogP contribution in [0, 0.1) is 6.92 Å². The molecule has 30 heavy (non-hydrogen) atoms. The highest BCUT2D eigenvalue weighted by Crippen LogP contribution is 2.42. The molecule has 2 aromatic carbocycles. The van der Waals surface area contributed by atoms with Crippen LogP contribution >= 0.6 is 11.6 Å². The summed E-state index contributed by atoms with van der Waals surface area (Å²) in [5, 5.41) is 4.02. The lowest BCUT2D eigenvalue weighted by atomic mass is 9.87. The molecule has 1 aliphatic carbocycles. The van der Waals surface area contributed by atoms with Crippen molar-refractivity contribution in [2.75, 3.05) is 18.1 Å². The normalized spacial score (nSPS) is 20.4. The molecule has 1 heterocycles. The molecular formula is C25H31ClN2O2. The lowest BCUT2D eigenvalue weighted by Gasteiger charge is -2.43. The number of anilines is 1. The Labute approximate surface area is 184 Å². The van der Waals surface area contributed by atoms with Gasteiger partial charge in [-0.25, -0.2) is 0 Å². The van der Waals surface area contributed by atoms with Crippen molar-refractivity contribution < 1.29 is 9.53 Å². The highest BCUT2D eigenvalue weighted by Gasteiger charge is 2.42. The zero-order chi connectivity index (χ0) is 21.0. The Morgan fingerprint density at radius 3 is 2.70 bits per heavy atom. The van der Waals surface area contributed by atoms with E-state index in [1.807, 2.05) is 29.2 Å². The first-order chi connectivity index (χ1) is 14.5. The molecule has 0 aromatic heterocycles. The molecule has 1 amide bonds. The molecule has 1 unspecified atom stereocenters. The minimum atomic E-state index is -0.0274. The second-order valence-corrected chi connectivity index (χ2v) is 9.15. The molecule has 2 fully saturated rings. The maximum absolute atomic E-state index is 13.4. The maximum Gasteiger partial charge on any atom is 0.241 e. The molecule has 160 valence electrons. The number of nitrogens with one attached hydrogen (secondary N) is 1. The molecule has 1 atom stereocenters. The number of rotatable bonds is 6. The molecule has 0 bridgehead atoms. The van der Waals surface area contributed by atoms with Crippen molar-refractivity contribution in [1.29, 1.82) is 0 Å². The minimum absolute atomic E-state index is 0.0274. The fourth-order valence-corrected chi connectivity index (χ4v) is 5.11. The summed E-state index contributed by atoms with van der Waals surface area (Å²) in [5.74, 6) is 0.112. The molecule has 5 heteroatoms. The van der Waals surface area contributed by atoms with Crippen LogP contribution < -0.4 is 10.2 Å². The monoisotopic (exact) mass is 426 g/mol. The van der Waals surface area contributed by atoms with Gasteiger partial charge in [0.2, 0.25) is 5.91 Å². The van der Waals surface area contributed by atoms with Crippen LogP contribution in [0.3, 0.4) is 0 Å². The molecule has 1 N–H and O–H groups in total. The summed E-state index contributed by atoms with van der Waals surface area (Å²) in [6.45, 7) is 3.72. The Hall–Kier alpha value is -1.88. The number of hydrogen-bond acceptors (Lipinski definition) is 3. The number of amides is 1. The van der Waals surface area contributed by atoms with Gasteiger partial charge in [-0.1, -0.05) is 54.3 Å². The Morgan fingerprint density at radius 1 is 1.20 bits per heavy atom. The third-order valence-electron chi connectivity index (χ3n) is 6.42. The topological polar surface area (TPSA) is 41.6 Å². The number of ether oxygens (including phenoxy) is 1. The predicted octanol–water partition coefficient (Wildman–Crippen LogP) is 5.26. The predicted molar refractivity (Wildman–Crippen MR) is 122 cm³/mol. The van der Waals surface area contributed by atoms with Crippen molar-refractivity contribution in [3.8, 4) is 0 Å². The molecule has 0 radical (unpaired) electrons. The first-order valence-corrected chi connectivity index (χ1v) is 11.4. The number of carbonyl (C=O) groups is 1. The van der Waals surface area contributed by atoms with Crippen LogP contribution in [-0.2, 0) is 16.1 Å².